The predicted octanol–water partition coefficient (Wildman–Crippen LogP) is 1.81. The second-order valence-electron chi connectivity index (χ2n) is 4.30. The lowest BCUT2D eigenvalue weighted by atomic mass is 10.3. The van der Waals surface area contributed by atoms with Crippen molar-refractivity contribution in [2.75, 3.05) is 37.3 Å². The quantitative estimate of drug-likeness (QED) is 0.674. The van der Waals surface area contributed by atoms with Crippen molar-refractivity contribution in [3.63, 3.8) is 0 Å². The number of aromatic nitrogens is 3. The Morgan fingerprint density at radius 2 is 2.11 bits per heavy atom. The van der Waals surface area contributed by atoms with Crippen LogP contribution in [0.15, 0.2) is 17.4 Å². The number of anilines is 1. The third-order valence-electron chi connectivity index (χ3n) is 3.08. The smallest absolute Gasteiger partial charge is 0.189 e. The van der Waals surface area contributed by atoms with Crippen molar-refractivity contribution in [3.8, 4) is 0 Å². The molecule has 0 saturated carbocycles. The van der Waals surface area contributed by atoms with Crippen LogP contribution in [0.5, 0.6) is 0 Å². The molecule has 2 aromatic heterocycles. The number of rotatable bonds is 2. The molecular weight excluding hydrogens is 282 g/mol. The highest BCUT2D eigenvalue weighted by molar-refractivity contribution is 7.98. The molecule has 0 aliphatic carbocycles. The lowest BCUT2D eigenvalue weighted by Crippen LogP contribution is -2.44. The molecule has 1 saturated heterocycles. The molecule has 0 bridgehead atoms. The van der Waals surface area contributed by atoms with Crippen LogP contribution in [0.3, 0.4) is 0 Å². The highest BCUT2D eigenvalue weighted by Crippen LogP contribution is 2.27. The van der Waals surface area contributed by atoms with Crippen LogP contribution in [-0.4, -0.2) is 47.4 Å². The van der Waals surface area contributed by atoms with Crippen LogP contribution in [-0.2, 0) is 0 Å². The van der Waals surface area contributed by atoms with Gasteiger partial charge in [-0.2, -0.15) is 0 Å². The normalized spacial score (nSPS) is 16.0. The van der Waals surface area contributed by atoms with Crippen LogP contribution in [0.2, 0.25) is 5.02 Å². The first kappa shape index (κ1) is 12.9. The topological polar surface area (TPSA) is 53.9 Å². The van der Waals surface area contributed by atoms with E-state index in [1.807, 2.05) is 12.3 Å². The van der Waals surface area contributed by atoms with E-state index in [0.717, 1.165) is 42.5 Å². The number of nitrogens with one attached hydrogen (secondary N) is 1. The first-order valence-corrected chi connectivity index (χ1v) is 7.71. The Kier molecular flexibility index (Phi) is 3.72. The molecule has 1 fully saturated rings. The lowest BCUT2D eigenvalue weighted by molar-refractivity contribution is 0.585. The van der Waals surface area contributed by atoms with Crippen molar-refractivity contribution < 1.29 is 0 Å². The van der Waals surface area contributed by atoms with E-state index in [-0.39, 0.29) is 0 Å². The van der Waals surface area contributed by atoms with Gasteiger partial charge in [0.15, 0.2) is 10.8 Å². The van der Waals surface area contributed by atoms with Gasteiger partial charge in [-0.05, 0) is 12.3 Å². The van der Waals surface area contributed by atoms with Crippen LogP contribution in [0, 0.1) is 0 Å². The van der Waals surface area contributed by atoms with Crippen molar-refractivity contribution in [1.29, 1.82) is 0 Å². The standard InChI is InChI=1S/C12H14ClN5S/c1-19-12-15-7-8-6-9(13)11(16-10(8)17-12)18-4-2-14-3-5-18/h6-7,14H,2-5H2,1H3. The second-order valence-corrected chi connectivity index (χ2v) is 5.48. The number of thioether (sulfide) groups is 1. The van der Waals surface area contributed by atoms with Crippen LogP contribution < -0.4 is 10.2 Å². The molecule has 1 aliphatic heterocycles. The molecule has 0 aromatic carbocycles. The van der Waals surface area contributed by atoms with Crippen LogP contribution >= 0.6 is 23.4 Å². The zero-order chi connectivity index (χ0) is 13.2. The first-order chi connectivity index (χ1) is 9.28. The Bertz CT molecular complexity index is 600. The van der Waals surface area contributed by atoms with E-state index in [4.69, 9.17) is 11.6 Å². The zero-order valence-corrected chi connectivity index (χ0v) is 12.1. The van der Waals surface area contributed by atoms with E-state index in [2.05, 4.69) is 25.2 Å². The summed E-state index contributed by atoms with van der Waals surface area (Å²) in [5, 5.41) is 5.59. The van der Waals surface area contributed by atoms with Gasteiger partial charge in [-0.1, -0.05) is 23.4 Å². The number of halogens is 1. The molecule has 7 heteroatoms. The molecule has 100 valence electrons. The van der Waals surface area contributed by atoms with Crippen LogP contribution in [0.25, 0.3) is 11.0 Å². The molecule has 5 nitrogen and oxygen atoms in total. The molecule has 1 aliphatic rings. The summed E-state index contributed by atoms with van der Waals surface area (Å²) in [7, 11) is 0. The highest BCUT2D eigenvalue weighted by Gasteiger charge is 2.16. The van der Waals surface area contributed by atoms with Crippen molar-refractivity contribution in [1.82, 2.24) is 20.3 Å². The predicted molar refractivity (Wildman–Crippen MR) is 79.2 cm³/mol. The fourth-order valence-electron chi connectivity index (χ4n) is 2.11. The summed E-state index contributed by atoms with van der Waals surface area (Å²) < 4.78 is 0. The zero-order valence-electron chi connectivity index (χ0n) is 10.6. The Morgan fingerprint density at radius 3 is 2.84 bits per heavy atom. The summed E-state index contributed by atoms with van der Waals surface area (Å²) in [6.07, 6.45) is 3.73. The molecule has 0 unspecified atom stereocenters. The van der Waals surface area contributed by atoms with E-state index in [1.165, 1.54) is 11.8 Å². The summed E-state index contributed by atoms with van der Waals surface area (Å²) in [4.78, 5) is 15.5. The molecular formula is C12H14ClN5S. The Morgan fingerprint density at radius 1 is 1.32 bits per heavy atom. The minimum absolute atomic E-state index is 0.662. The van der Waals surface area contributed by atoms with Gasteiger partial charge in [0.25, 0.3) is 0 Å². The Balaban J connectivity index is 2.05. The minimum Gasteiger partial charge on any atom is -0.353 e. The Hall–Kier alpha value is -1.11. The van der Waals surface area contributed by atoms with E-state index < -0.39 is 0 Å². The lowest BCUT2D eigenvalue weighted by Gasteiger charge is -2.29. The molecule has 3 rings (SSSR count). The summed E-state index contributed by atoms with van der Waals surface area (Å²) in [6.45, 7) is 3.74. The number of nitrogens with zero attached hydrogens (tertiary/aromatic N) is 4. The summed E-state index contributed by atoms with van der Waals surface area (Å²) in [6, 6.07) is 1.89. The monoisotopic (exact) mass is 295 g/mol. The third-order valence-corrected chi connectivity index (χ3v) is 3.92. The number of pyridine rings is 1. The van der Waals surface area contributed by atoms with Gasteiger partial charge in [0.2, 0.25) is 0 Å². The number of fused-ring (bicyclic) bond motifs is 1. The molecule has 2 aromatic rings. The number of hydrogen-bond acceptors (Lipinski definition) is 6. The molecule has 0 atom stereocenters. The van der Waals surface area contributed by atoms with E-state index in [1.54, 1.807) is 6.20 Å². The van der Waals surface area contributed by atoms with Crippen molar-refractivity contribution in [3.05, 3.63) is 17.3 Å². The van der Waals surface area contributed by atoms with Crippen molar-refractivity contribution in [2.24, 2.45) is 0 Å². The number of piperazine rings is 1. The molecule has 1 N–H and O–H groups in total. The van der Waals surface area contributed by atoms with Gasteiger partial charge in [0.05, 0.1) is 5.02 Å². The van der Waals surface area contributed by atoms with Gasteiger partial charge in [0, 0.05) is 37.8 Å². The second kappa shape index (κ2) is 5.48. The van der Waals surface area contributed by atoms with Gasteiger partial charge in [0.1, 0.15) is 5.82 Å². The average molecular weight is 296 g/mol. The SMILES string of the molecule is CSc1ncc2cc(Cl)c(N3CCNCC3)nc2n1. The fourth-order valence-corrected chi connectivity index (χ4v) is 2.72. The van der Waals surface area contributed by atoms with Crippen LogP contribution in [0.4, 0.5) is 5.82 Å². The maximum Gasteiger partial charge on any atom is 0.189 e. The first-order valence-electron chi connectivity index (χ1n) is 6.11. The molecule has 0 spiro atoms. The van der Waals surface area contributed by atoms with E-state index in [0.29, 0.717) is 10.7 Å². The fraction of sp³-hybridized carbons (Fsp3) is 0.417. The van der Waals surface area contributed by atoms with Gasteiger partial charge in [-0.3, -0.25) is 0 Å². The molecule has 3 heterocycles. The molecule has 19 heavy (non-hydrogen) atoms. The minimum atomic E-state index is 0.662. The van der Waals surface area contributed by atoms with E-state index >= 15 is 0 Å². The molecule has 0 radical (unpaired) electrons. The summed E-state index contributed by atoms with van der Waals surface area (Å²) >= 11 is 7.84. The largest absolute Gasteiger partial charge is 0.353 e. The Labute approximate surface area is 120 Å². The van der Waals surface area contributed by atoms with E-state index in [9.17, 15) is 0 Å². The van der Waals surface area contributed by atoms with Crippen molar-refractivity contribution in [2.45, 2.75) is 5.16 Å². The maximum atomic E-state index is 6.32. The van der Waals surface area contributed by atoms with Crippen LogP contribution in [0.1, 0.15) is 0 Å². The maximum absolute atomic E-state index is 6.32. The third kappa shape index (κ3) is 2.61. The van der Waals surface area contributed by atoms with Gasteiger partial charge in [-0.25, -0.2) is 15.0 Å². The van der Waals surface area contributed by atoms with Gasteiger partial charge < -0.3 is 10.2 Å². The highest BCUT2D eigenvalue weighted by atomic mass is 35.5. The summed E-state index contributed by atoms with van der Waals surface area (Å²) in [5.74, 6) is 0.821. The van der Waals surface area contributed by atoms with Gasteiger partial charge in [-0.15, -0.1) is 0 Å². The molecule has 0 amide bonds. The number of hydrogen-bond donors (Lipinski definition) is 1. The average Bonchev–Trinajstić information content (AvgIpc) is 2.47. The summed E-state index contributed by atoms with van der Waals surface area (Å²) in [5.41, 5.74) is 0.706. The van der Waals surface area contributed by atoms with Crippen molar-refractivity contribution >= 4 is 40.2 Å². The van der Waals surface area contributed by atoms with Gasteiger partial charge >= 0.3 is 0 Å².